The molecule has 0 aliphatic carbocycles. The molecule has 0 radical (unpaired) electrons. The van der Waals surface area contributed by atoms with Crippen LogP contribution in [0.25, 0.3) is 0 Å². The molecule has 0 aromatic heterocycles. The molecular formula is C14H19N3O4. The number of nitrogens with two attached hydrogens (primary N) is 1. The van der Waals surface area contributed by atoms with Crippen molar-refractivity contribution < 1.29 is 19.1 Å². The molecule has 3 amide bonds. The predicted molar refractivity (Wildman–Crippen MR) is 76.1 cm³/mol. The number of nitrogens with zero attached hydrogens (tertiary/aromatic N) is 1. The highest BCUT2D eigenvalue weighted by molar-refractivity contribution is 5.93. The van der Waals surface area contributed by atoms with E-state index in [2.05, 4.69) is 0 Å². The normalized spacial score (nSPS) is 13.0. The van der Waals surface area contributed by atoms with Gasteiger partial charge in [0.1, 0.15) is 13.2 Å². The molecule has 1 aliphatic heterocycles. The van der Waals surface area contributed by atoms with Crippen LogP contribution in [-0.4, -0.2) is 43.6 Å². The van der Waals surface area contributed by atoms with Crippen LogP contribution in [-0.2, 0) is 11.3 Å². The summed E-state index contributed by atoms with van der Waals surface area (Å²) < 4.78 is 11.0. The molecule has 0 atom stereocenters. The summed E-state index contributed by atoms with van der Waals surface area (Å²) in [5, 5.41) is 2.04. The van der Waals surface area contributed by atoms with E-state index in [9.17, 15) is 9.59 Å². The maximum absolute atomic E-state index is 11.3. The van der Waals surface area contributed by atoms with E-state index < -0.39 is 6.03 Å². The second-order valence-electron chi connectivity index (χ2n) is 4.88. The van der Waals surface area contributed by atoms with Gasteiger partial charge in [0.2, 0.25) is 5.91 Å². The molecule has 1 aromatic carbocycles. The van der Waals surface area contributed by atoms with Gasteiger partial charge >= 0.3 is 6.03 Å². The van der Waals surface area contributed by atoms with Crippen molar-refractivity contribution in [2.45, 2.75) is 13.0 Å². The van der Waals surface area contributed by atoms with Crippen LogP contribution < -0.4 is 20.5 Å². The number of primary amides is 1. The number of imide groups is 1. The van der Waals surface area contributed by atoms with E-state index in [4.69, 9.17) is 15.2 Å². The fourth-order valence-electron chi connectivity index (χ4n) is 2.07. The molecule has 0 fully saturated rings. The molecule has 0 unspecified atom stereocenters. The minimum atomic E-state index is -0.825. The summed E-state index contributed by atoms with van der Waals surface area (Å²) in [6.07, 6.45) is 0.212. The summed E-state index contributed by atoms with van der Waals surface area (Å²) in [4.78, 5) is 23.8. The molecule has 1 aromatic rings. The lowest BCUT2D eigenvalue weighted by Gasteiger charge is -2.21. The summed E-state index contributed by atoms with van der Waals surface area (Å²) in [5.41, 5.74) is 5.94. The van der Waals surface area contributed by atoms with E-state index in [0.717, 1.165) is 17.1 Å². The molecule has 0 spiro atoms. The second-order valence-corrected chi connectivity index (χ2v) is 4.88. The number of nitrogens with one attached hydrogen (secondary N) is 1. The standard InChI is InChI=1S/C14H19N3O4/c1-17(5-4-13(18)16-14(15)19)9-10-2-3-11-12(8-10)21-7-6-20-11/h2-3,8H,4-7,9H2,1H3,(H3,15,16,18,19). The van der Waals surface area contributed by atoms with Gasteiger partial charge in [0, 0.05) is 19.5 Å². The zero-order valence-electron chi connectivity index (χ0n) is 11.9. The molecule has 7 heteroatoms. The number of hydrogen-bond acceptors (Lipinski definition) is 5. The van der Waals surface area contributed by atoms with Crippen molar-refractivity contribution in [3.8, 4) is 11.5 Å². The van der Waals surface area contributed by atoms with Gasteiger partial charge in [0.05, 0.1) is 0 Å². The Bertz CT molecular complexity index is 533. The number of benzene rings is 1. The fourth-order valence-corrected chi connectivity index (χ4v) is 2.07. The predicted octanol–water partition coefficient (Wildman–Crippen LogP) is 0.475. The summed E-state index contributed by atoms with van der Waals surface area (Å²) >= 11 is 0. The number of rotatable bonds is 5. The average Bonchev–Trinajstić information content (AvgIpc) is 2.44. The molecule has 114 valence electrons. The third kappa shape index (κ3) is 4.64. The van der Waals surface area contributed by atoms with E-state index in [-0.39, 0.29) is 12.3 Å². The summed E-state index contributed by atoms with van der Waals surface area (Å²) in [5.74, 6) is 1.13. The Balaban J connectivity index is 1.83. The van der Waals surface area contributed by atoms with Gasteiger partial charge in [-0.25, -0.2) is 4.79 Å². The van der Waals surface area contributed by atoms with Gasteiger partial charge in [-0.15, -0.1) is 0 Å². The van der Waals surface area contributed by atoms with Crippen molar-refractivity contribution in [2.75, 3.05) is 26.8 Å². The molecule has 3 N–H and O–H groups in total. The number of amides is 3. The van der Waals surface area contributed by atoms with Crippen LogP contribution in [0.5, 0.6) is 11.5 Å². The largest absolute Gasteiger partial charge is 0.486 e. The first-order chi connectivity index (χ1) is 10.0. The highest BCUT2D eigenvalue weighted by Crippen LogP contribution is 2.30. The second kappa shape index (κ2) is 6.94. The quantitative estimate of drug-likeness (QED) is 0.823. The Hall–Kier alpha value is -2.28. The van der Waals surface area contributed by atoms with Crippen molar-refractivity contribution in [3.63, 3.8) is 0 Å². The first kappa shape index (κ1) is 15.1. The maximum atomic E-state index is 11.3. The highest BCUT2D eigenvalue weighted by Gasteiger charge is 2.13. The van der Waals surface area contributed by atoms with Crippen LogP contribution in [0.3, 0.4) is 0 Å². The number of carbonyl (C=O) groups excluding carboxylic acids is 2. The van der Waals surface area contributed by atoms with E-state index in [1.165, 1.54) is 0 Å². The summed E-state index contributed by atoms with van der Waals surface area (Å²) in [6.45, 7) is 2.31. The lowest BCUT2D eigenvalue weighted by molar-refractivity contribution is -0.120. The van der Waals surface area contributed by atoms with Crippen molar-refractivity contribution in [2.24, 2.45) is 5.73 Å². The van der Waals surface area contributed by atoms with Crippen molar-refractivity contribution in [3.05, 3.63) is 23.8 Å². The van der Waals surface area contributed by atoms with Crippen LogP contribution in [0.4, 0.5) is 4.79 Å². The van der Waals surface area contributed by atoms with Crippen LogP contribution in [0.15, 0.2) is 18.2 Å². The number of urea groups is 1. The number of hydrogen-bond donors (Lipinski definition) is 2. The van der Waals surface area contributed by atoms with Gasteiger partial charge in [-0.1, -0.05) is 6.07 Å². The minimum absolute atomic E-state index is 0.212. The topological polar surface area (TPSA) is 93.9 Å². The van der Waals surface area contributed by atoms with Gasteiger partial charge in [0.15, 0.2) is 11.5 Å². The maximum Gasteiger partial charge on any atom is 0.318 e. The van der Waals surface area contributed by atoms with E-state index in [0.29, 0.717) is 26.3 Å². The van der Waals surface area contributed by atoms with Gasteiger partial charge in [-0.2, -0.15) is 0 Å². The number of fused-ring (bicyclic) bond motifs is 1. The third-order valence-electron chi connectivity index (χ3n) is 3.04. The molecule has 0 bridgehead atoms. The third-order valence-corrected chi connectivity index (χ3v) is 3.04. The smallest absolute Gasteiger partial charge is 0.318 e. The summed E-state index contributed by atoms with van der Waals surface area (Å²) in [6, 6.07) is 4.97. The molecule has 0 saturated heterocycles. The van der Waals surface area contributed by atoms with Crippen molar-refractivity contribution in [1.29, 1.82) is 0 Å². The number of ether oxygens (including phenoxy) is 2. The van der Waals surface area contributed by atoms with Crippen LogP contribution >= 0.6 is 0 Å². The lowest BCUT2D eigenvalue weighted by atomic mass is 10.2. The van der Waals surface area contributed by atoms with Gasteiger partial charge in [-0.05, 0) is 24.7 Å². The van der Waals surface area contributed by atoms with Crippen molar-refractivity contribution in [1.82, 2.24) is 10.2 Å². The van der Waals surface area contributed by atoms with Crippen molar-refractivity contribution >= 4 is 11.9 Å². The Morgan fingerprint density at radius 3 is 2.71 bits per heavy atom. The van der Waals surface area contributed by atoms with E-state index in [1.54, 1.807) is 0 Å². The van der Waals surface area contributed by atoms with E-state index in [1.807, 2.05) is 35.5 Å². The Morgan fingerprint density at radius 1 is 1.29 bits per heavy atom. The highest BCUT2D eigenvalue weighted by atomic mass is 16.6. The molecule has 7 nitrogen and oxygen atoms in total. The average molecular weight is 293 g/mol. The SMILES string of the molecule is CN(CCC(=O)NC(N)=O)Cc1ccc2c(c1)OCCO2. The first-order valence-electron chi connectivity index (χ1n) is 6.71. The molecule has 2 rings (SSSR count). The molecule has 21 heavy (non-hydrogen) atoms. The van der Waals surface area contributed by atoms with Crippen LogP contribution in [0.1, 0.15) is 12.0 Å². The van der Waals surface area contributed by atoms with Crippen LogP contribution in [0.2, 0.25) is 0 Å². The van der Waals surface area contributed by atoms with Crippen LogP contribution in [0, 0.1) is 0 Å². The van der Waals surface area contributed by atoms with Gasteiger partial charge in [0.25, 0.3) is 0 Å². The number of carbonyl (C=O) groups is 2. The Kier molecular flexibility index (Phi) is 4.99. The zero-order chi connectivity index (χ0) is 15.2. The minimum Gasteiger partial charge on any atom is -0.486 e. The van der Waals surface area contributed by atoms with E-state index >= 15 is 0 Å². The molecule has 1 aliphatic rings. The van der Waals surface area contributed by atoms with Gasteiger partial charge < -0.3 is 20.1 Å². The lowest BCUT2D eigenvalue weighted by Crippen LogP contribution is -2.36. The monoisotopic (exact) mass is 293 g/mol. The summed E-state index contributed by atoms with van der Waals surface area (Å²) in [7, 11) is 1.90. The Labute approximate surface area is 123 Å². The zero-order valence-corrected chi connectivity index (χ0v) is 11.9. The molecule has 0 saturated carbocycles. The fraction of sp³-hybridized carbons (Fsp3) is 0.429. The molecule has 1 heterocycles. The van der Waals surface area contributed by atoms with Gasteiger partial charge in [-0.3, -0.25) is 10.1 Å². The molecular weight excluding hydrogens is 274 g/mol. The first-order valence-corrected chi connectivity index (χ1v) is 6.71. The Morgan fingerprint density at radius 2 is 2.00 bits per heavy atom.